The SMILES string of the molecule is CCn1nc(C)cc1C(=O)Nc1nc2cc(C(N)=O)cc(OC)c2n1C/C=C/CNc1c(OCCCN2CC3(C2)CN(C(=O)O)CCO3)cc(C(N)=O)cc1[N+](=O)[O-]. The smallest absolute Gasteiger partial charge is 0.407 e. The van der Waals surface area contributed by atoms with E-state index in [4.69, 9.17) is 25.7 Å². The van der Waals surface area contributed by atoms with Crippen LogP contribution in [0.3, 0.4) is 0 Å². The molecule has 2 fully saturated rings. The monoisotopic (exact) mass is 803 g/mol. The predicted octanol–water partition coefficient (Wildman–Crippen LogP) is 2.43. The van der Waals surface area contributed by atoms with Crippen LogP contribution < -0.4 is 31.6 Å². The van der Waals surface area contributed by atoms with Crippen molar-refractivity contribution in [3.63, 3.8) is 0 Å². The highest BCUT2D eigenvalue weighted by molar-refractivity contribution is 6.04. The Labute approximate surface area is 331 Å². The number of aromatic nitrogens is 4. The number of imidazole rings is 1. The first kappa shape index (κ1) is 40.9. The molecule has 58 heavy (non-hydrogen) atoms. The van der Waals surface area contributed by atoms with Crippen molar-refractivity contribution in [1.82, 2.24) is 29.1 Å². The van der Waals surface area contributed by atoms with E-state index in [1.807, 2.05) is 6.92 Å². The van der Waals surface area contributed by atoms with Gasteiger partial charge in [-0.1, -0.05) is 12.2 Å². The fourth-order valence-corrected chi connectivity index (χ4v) is 7.14. The summed E-state index contributed by atoms with van der Waals surface area (Å²) in [6.07, 6.45) is 2.99. The Morgan fingerprint density at radius 2 is 1.79 bits per heavy atom. The van der Waals surface area contributed by atoms with Gasteiger partial charge in [-0.3, -0.25) is 39.4 Å². The van der Waals surface area contributed by atoms with Crippen molar-refractivity contribution in [3.05, 3.63) is 75.1 Å². The number of nitrogens with zero attached hydrogens (tertiary/aromatic N) is 7. The number of nitro groups is 1. The molecule has 4 heterocycles. The maximum atomic E-state index is 13.4. The molecule has 4 amide bonds. The number of ether oxygens (including phenoxy) is 3. The van der Waals surface area contributed by atoms with Gasteiger partial charge in [0.05, 0.1) is 43.0 Å². The van der Waals surface area contributed by atoms with Gasteiger partial charge in [-0.2, -0.15) is 5.10 Å². The molecule has 0 saturated carbocycles. The molecule has 2 aliphatic rings. The first-order valence-electron chi connectivity index (χ1n) is 18.4. The van der Waals surface area contributed by atoms with Crippen LogP contribution in [-0.4, -0.2) is 128 Å². The number of hydrogen-bond acceptors (Lipinski definition) is 13. The second-order valence-corrected chi connectivity index (χ2v) is 13.9. The highest BCUT2D eigenvalue weighted by Gasteiger charge is 2.47. The van der Waals surface area contributed by atoms with Crippen LogP contribution in [0.5, 0.6) is 11.5 Å². The van der Waals surface area contributed by atoms with Crippen LogP contribution in [0.1, 0.15) is 50.2 Å². The second-order valence-electron chi connectivity index (χ2n) is 13.9. The Hall–Kier alpha value is -6.74. The number of carboxylic acid groups (broad SMARTS) is 1. The lowest BCUT2D eigenvalue weighted by Crippen LogP contribution is -2.70. The summed E-state index contributed by atoms with van der Waals surface area (Å²) < 4.78 is 20.7. The fourth-order valence-electron chi connectivity index (χ4n) is 7.14. The lowest BCUT2D eigenvalue weighted by Gasteiger charge is -2.53. The molecule has 21 nitrogen and oxygen atoms in total. The highest BCUT2D eigenvalue weighted by Crippen LogP contribution is 2.37. The molecule has 0 aliphatic carbocycles. The molecule has 1 spiro atoms. The molecule has 2 aromatic heterocycles. The maximum absolute atomic E-state index is 13.4. The van der Waals surface area contributed by atoms with E-state index in [0.29, 0.717) is 74.7 Å². The van der Waals surface area contributed by atoms with Gasteiger partial charge in [0.15, 0.2) is 5.69 Å². The summed E-state index contributed by atoms with van der Waals surface area (Å²) in [6, 6.07) is 7.06. The van der Waals surface area contributed by atoms with Gasteiger partial charge in [-0.25, -0.2) is 9.78 Å². The number of fused-ring (bicyclic) bond motifs is 1. The number of primary amides is 2. The van der Waals surface area contributed by atoms with Crippen molar-refractivity contribution in [2.45, 2.75) is 39.0 Å². The number of methoxy groups -OCH3 is 1. The molecule has 0 atom stereocenters. The first-order valence-corrected chi connectivity index (χ1v) is 18.4. The number of rotatable bonds is 17. The van der Waals surface area contributed by atoms with Gasteiger partial charge in [0, 0.05) is 63.0 Å². The van der Waals surface area contributed by atoms with E-state index in [-0.39, 0.29) is 54.0 Å². The Morgan fingerprint density at radius 1 is 1.07 bits per heavy atom. The number of anilines is 2. The Kier molecular flexibility index (Phi) is 12.1. The normalized spacial score (nSPS) is 15.1. The van der Waals surface area contributed by atoms with E-state index in [1.165, 1.54) is 30.2 Å². The molecular weight excluding hydrogens is 758 g/mol. The zero-order valence-corrected chi connectivity index (χ0v) is 32.2. The van der Waals surface area contributed by atoms with Crippen molar-refractivity contribution >= 4 is 52.2 Å². The first-order chi connectivity index (χ1) is 27.7. The molecule has 6 rings (SSSR count). The number of allylic oxidation sites excluding steroid dienone is 1. The Morgan fingerprint density at radius 3 is 2.47 bits per heavy atom. The van der Waals surface area contributed by atoms with E-state index in [1.54, 1.807) is 34.4 Å². The number of carbonyl (C=O) groups excluding carboxylic acids is 3. The number of carbonyl (C=O) groups is 4. The van der Waals surface area contributed by atoms with E-state index in [9.17, 15) is 34.4 Å². The molecule has 2 aromatic carbocycles. The lowest BCUT2D eigenvalue weighted by molar-refractivity contribution is -0.384. The zero-order chi connectivity index (χ0) is 41.7. The van der Waals surface area contributed by atoms with E-state index >= 15 is 0 Å². The van der Waals surface area contributed by atoms with Crippen molar-refractivity contribution in [1.29, 1.82) is 0 Å². The van der Waals surface area contributed by atoms with E-state index in [2.05, 4.69) is 25.6 Å². The molecule has 0 unspecified atom stereocenters. The van der Waals surface area contributed by atoms with Crippen LogP contribution in [0, 0.1) is 17.0 Å². The number of nitro benzene ring substituents is 1. The largest absolute Gasteiger partial charge is 0.494 e. The second kappa shape index (κ2) is 17.2. The van der Waals surface area contributed by atoms with Crippen molar-refractivity contribution in [3.8, 4) is 11.5 Å². The third-order valence-corrected chi connectivity index (χ3v) is 9.80. The molecular formula is C37H45N11O10. The standard InChI is InChI=1S/C37H45N11O10/c1-4-47-27(14-22(2)43-47)34(51)42-35-41-25-15-23(32(38)49)18-29(56-3)31(25)46(35)10-6-5-8-40-30-26(48(54)55)16-24(33(39)50)17-28(30)57-12-7-9-44-19-37(20-44)21-45(36(52)53)11-13-58-37/h5-6,14-18,40H,4,7-13,19-21H2,1-3H3,(H2,38,49)(H2,39,50)(H,52,53)(H,41,42,51)/b6-5+. The summed E-state index contributed by atoms with van der Waals surface area (Å²) in [5.74, 6) is -1.52. The van der Waals surface area contributed by atoms with Crippen LogP contribution in [0.15, 0.2) is 42.5 Å². The summed E-state index contributed by atoms with van der Waals surface area (Å²) in [6.45, 7) is 7.15. The van der Waals surface area contributed by atoms with Gasteiger partial charge in [-0.15, -0.1) is 0 Å². The number of nitrogens with one attached hydrogen (secondary N) is 2. The number of nitrogens with two attached hydrogens (primary N) is 2. The molecule has 308 valence electrons. The number of amides is 4. The number of benzene rings is 2. The van der Waals surface area contributed by atoms with Crippen molar-refractivity contribution in [2.75, 3.05) is 70.2 Å². The summed E-state index contributed by atoms with van der Waals surface area (Å²) in [7, 11) is 1.43. The van der Waals surface area contributed by atoms with Gasteiger partial charge in [0.2, 0.25) is 17.8 Å². The quantitative estimate of drug-likeness (QED) is 0.0444. The zero-order valence-electron chi connectivity index (χ0n) is 32.2. The summed E-state index contributed by atoms with van der Waals surface area (Å²) >= 11 is 0. The van der Waals surface area contributed by atoms with Crippen LogP contribution in [0.4, 0.5) is 22.1 Å². The third kappa shape index (κ3) is 8.79. The fraction of sp³-hybridized carbons (Fsp3) is 0.405. The van der Waals surface area contributed by atoms with E-state index in [0.717, 1.165) is 6.07 Å². The topological polar surface area (TPSA) is 278 Å². The summed E-state index contributed by atoms with van der Waals surface area (Å²) in [5.41, 5.74) is 12.0. The van der Waals surface area contributed by atoms with Gasteiger partial charge in [0.25, 0.3) is 11.6 Å². The van der Waals surface area contributed by atoms with Gasteiger partial charge in [0.1, 0.15) is 28.3 Å². The van der Waals surface area contributed by atoms with Crippen LogP contribution in [-0.2, 0) is 17.8 Å². The molecule has 21 heteroatoms. The molecule has 0 radical (unpaired) electrons. The van der Waals surface area contributed by atoms with Gasteiger partial charge < -0.3 is 45.6 Å². The van der Waals surface area contributed by atoms with Crippen LogP contribution >= 0.6 is 0 Å². The minimum absolute atomic E-state index is 0.0384. The minimum atomic E-state index is -0.974. The van der Waals surface area contributed by atoms with Crippen LogP contribution in [0.25, 0.3) is 11.0 Å². The average Bonchev–Trinajstić information content (AvgIpc) is 3.74. The predicted molar refractivity (Wildman–Crippen MR) is 209 cm³/mol. The Balaban J connectivity index is 1.17. The molecule has 2 aliphatic heterocycles. The molecule has 4 aromatic rings. The summed E-state index contributed by atoms with van der Waals surface area (Å²) in [4.78, 5) is 68.7. The van der Waals surface area contributed by atoms with Gasteiger partial charge in [-0.05, 0) is 44.5 Å². The van der Waals surface area contributed by atoms with Crippen LogP contribution in [0.2, 0.25) is 0 Å². The van der Waals surface area contributed by atoms with Crippen molar-refractivity contribution in [2.24, 2.45) is 11.5 Å². The number of hydrogen-bond donors (Lipinski definition) is 5. The number of likely N-dealkylation sites (tertiary alicyclic amines) is 1. The highest BCUT2D eigenvalue weighted by atomic mass is 16.6. The van der Waals surface area contributed by atoms with Crippen molar-refractivity contribution < 1.29 is 43.4 Å². The number of morpholine rings is 1. The Bertz CT molecular complexity index is 2280. The van der Waals surface area contributed by atoms with E-state index < -0.39 is 40.0 Å². The maximum Gasteiger partial charge on any atom is 0.407 e. The molecule has 2 saturated heterocycles. The number of aryl methyl sites for hydroxylation is 2. The minimum Gasteiger partial charge on any atom is -0.494 e. The van der Waals surface area contributed by atoms with Gasteiger partial charge >= 0.3 is 6.09 Å². The lowest BCUT2D eigenvalue weighted by atomic mass is 9.91. The molecule has 0 bridgehead atoms. The third-order valence-electron chi connectivity index (χ3n) is 9.80. The average molecular weight is 804 g/mol. The molecule has 7 N–H and O–H groups in total. The summed E-state index contributed by atoms with van der Waals surface area (Å²) in [5, 5.41) is 31.8.